The fourth-order valence-electron chi connectivity index (χ4n) is 1.64. The van der Waals surface area contributed by atoms with E-state index in [9.17, 15) is 0 Å². The first-order valence-electron chi connectivity index (χ1n) is 6.05. The molecule has 3 heteroatoms. The molecule has 1 aromatic rings. The molecule has 1 rings (SSSR count). The van der Waals surface area contributed by atoms with Gasteiger partial charge in [0.15, 0.2) is 0 Å². The largest absolute Gasteiger partial charge is 0.395 e. The summed E-state index contributed by atoms with van der Waals surface area (Å²) >= 11 is 1.80. The van der Waals surface area contributed by atoms with Crippen LogP contribution in [-0.4, -0.2) is 29.8 Å². The van der Waals surface area contributed by atoms with Crippen molar-refractivity contribution in [1.82, 2.24) is 5.32 Å². The van der Waals surface area contributed by atoms with E-state index in [-0.39, 0.29) is 6.61 Å². The smallest absolute Gasteiger partial charge is 0.0547 e. The number of aliphatic hydroxyl groups is 1. The van der Waals surface area contributed by atoms with Gasteiger partial charge in [-0.2, -0.15) is 11.8 Å². The van der Waals surface area contributed by atoms with Crippen molar-refractivity contribution < 1.29 is 5.11 Å². The van der Waals surface area contributed by atoms with Crippen LogP contribution in [0, 0.1) is 13.8 Å². The highest BCUT2D eigenvalue weighted by atomic mass is 32.2. The highest BCUT2D eigenvalue weighted by Gasteiger charge is 2.11. The Morgan fingerprint density at radius 1 is 1.29 bits per heavy atom. The van der Waals surface area contributed by atoms with Crippen LogP contribution in [0.1, 0.15) is 29.7 Å². The van der Waals surface area contributed by atoms with Crippen molar-refractivity contribution in [1.29, 1.82) is 0 Å². The second-order valence-corrected chi connectivity index (χ2v) is 5.98. The molecule has 0 aromatic heterocycles. The van der Waals surface area contributed by atoms with E-state index in [0.29, 0.717) is 11.3 Å². The molecular weight excluding hydrogens is 230 g/mol. The minimum atomic E-state index is 0.244. The van der Waals surface area contributed by atoms with E-state index in [0.717, 1.165) is 5.75 Å². The van der Waals surface area contributed by atoms with Crippen molar-refractivity contribution >= 4 is 11.8 Å². The van der Waals surface area contributed by atoms with Crippen molar-refractivity contribution in [2.24, 2.45) is 0 Å². The fourth-order valence-corrected chi connectivity index (χ4v) is 2.63. The van der Waals surface area contributed by atoms with Crippen LogP contribution in [0.4, 0.5) is 0 Å². The molecule has 96 valence electrons. The highest BCUT2D eigenvalue weighted by Crippen LogP contribution is 2.22. The molecule has 0 bridgehead atoms. The fraction of sp³-hybridized carbons (Fsp3) is 0.571. The molecule has 0 fully saturated rings. The standard InChI is InChI=1S/C14H23NOS/c1-10-5-6-13(7-11(10)2)14(15-4)9-17-12(3)8-16/h5-7,12,14-16H,8-9H2,1-4H3. The summed E-state index contributed by atoms with van der Waals surface area (Å²) in [7, 11) is 1.99. The third kappa shape index (κ3) is 4.34. The molecule has 0 radical (unpaired) electrons. The van der Waals surface area contributed by atoms with E-state index >= 15 is 0 Å². The quantitative estimate of drug-likeness (QED) is 0.817. The van der Waals surface area contributed by atoms with Gasteiger partial charge < -0.3 is 10.4 Å². The Kier molecular flexibility index (Phi) is 6.03. The second-order valence-electron chi connectivity index (χ2n) is 4.51. The Morgan fingerprint density at radius 3 is 2.53 bits per heavy atom. The third-order valence-corrected chi connectivity index (χ3v) is 4.33. The lowest BCUT2D eigenvalue weighted by atomic mass is 10.0. The average molecular weight is 253 g/mol. The van der Waals surface area contributed by atoms with Crippen molar-refractivity contribution in [3.05, 3.63) is 34.9 Å². The lowest BCUT2D eigenvalue weighted by Crippen LogP contribution is -2.20. The van der Waals surface area contributed by atoms with Crippen LogP contribution in [0.3, 0.4) is 0 Å². The summed E-state index contributed by atoms with van der Waals surface area (Å²) in [4.78, 5) is 0. The first kappa shape index (κ1) is 14.6. The number of aliphatic hydroxyl groups excluding tert-OH is 1. The van der Waals surface area contributed by atoms with Crippen molar-refractivity contribution in [3.63, 3.8) is 0 Å². The molecule has 1 aromatic carbocycles. The van der Waals surface area contributed by atoms with Crippen molar-refractivity contribution in [2.45, 2.75) is 32.1 Å². The maximum Gasteiger partial charge on any atom is 0.0547 e. The van der Waals surface area contributed by atoms with Gasteiger partial charge in [-0.15, -0.1) is 0 Å². The van der Waals surface area contributed by atoms with Crippen LogP contribution >= 0.6 is 11.8 Å². The zero-order chi connectivity index (χ0) is 12.8. The molecule has 0 spiro atoms. The molecule has 0 amide bonds. The number of aryl methyl sites for hydroxylation is 2. The number of benzene rings is 1. The van der Waals surface area contributed by atoms with Crippen LogP contribution in [0.25, 0.3) is 0 Å². The van der Waals surface area contributed by atoms with Crippen LogP contribution < -0.4 is 5.32 Å². The van der Waals surface area contributed by atoms with Crippen LogP contribution in [0.2, 0.25) is 0 Å². The van der Waals surface area contributed by atoms with Gasteiger partial charge in [0.05, 0.1) is 6.61 Å². The minimum absolute atomic E-state index is 0.244. The summed E-state index contributed by atoms with van der Waals surface area (Å²) < 4.78 is 0. The average Bonchev–Trinajstić information content (AvgIpc) is 2.33. The zero-order valence-corrected chi connectivity index (χ0v) is 12.0. The normalized spacial score (nSPS) is 14.6. The number of nitrogens with one attached hydrogen (secondary N) is 1. The predicted molar refractivity (Wildman–Crippen MR) is 76.7 cm³/mol. The van der Waals surface area contributed by atoms with Gasteiger partial charge in [0, 0.05) is 17.0 Å². The van der Waals surface area contributed by atoms with E-state index in [1.54, 1.807) is 11.8 Å². The molecule has 2 nitrogen and oxygen atoms in total. The van der Waals surface area contributed by atoms with Gasteiger partial charge in [0.25, 0.3) is 0 Å². The van der Waals surface area contributed by atoms with Gasteiger partial charge in [0.1, 0.15) is 0 Å². The third-order valence-electron chi connectivity index (χ3n) is 3.09. The summed E-state index contributed by atoms with van der Waals surface area (Å²) in [5.41, 5.74) is 4.00. The predicted octanol–water partition coefficient (Wildman–Crippen LogP) is 2.68. The van der Waals surface area contributed by atoms with Gasteiger partial charge in [-0.1, -0.05) is 25.1 Å². The Hall–Kier alpha value is -0.510. The second kappa shape index (κ2) is 7.04. The summed E-state index contributed by atoms with van der Waals surface area (Å²) in [5.74, 6) is 0.987. The summed E-state index contributed by atoms with van der Waals surface area (Å²) in [6.45, 7) is 6.58. The Bertz CT molecular complexity index is 354. The van der Waals surface area contributed by atoms with Crippen LogP contribution in [0.15, 0.2) is 18.2 Å². The van der Waals surface area contributed by atoms with Crippen LogP contribution in [-0.2, 0) is 0 Å². The molecule has 0 aliphatic carbocycles. The van der Waals surface area contributed by atoms with E-state index in [1.807, 2.05) is 7.05 Å². The molecule has 0 saturated carbocycles. The summed E-state index contributed by atoms with van der Waals surface area (Å²) in [5, 5.41) is 12.7. The Labute approximate surface area is 109 Å². The first-order chi connectivity index (χ1) is 8.08. The van der Waals surface area contributed by atoms with Gasteiger partial charge >= 0.3 is 0 Å². The van der Waals surface area contributed by atoms with Gasteiger partial charge in [-0.3, -0.25) is 0 Å². The molecular formula is C14H23NOS. The summed E-state index contributed by atoms with van der Waals surface area (Å²) in [6.07, 6.45) is 0. The van der Waals surface area contributed by atoms with E-state index in [1.165, 1.54) is 16.7 Å². The van der Waals surface area contributed by atoms with Gasteiger partial charge in [-0.25, -0.2) is 0 Å². The number of thioether (sulfide) groups is 1. The minimum Gasteiger partial charge on any atom is -0.395 e. The Balaban J connectivity index is 2.69. The number of hydrogen-bond donors (Lipinski definition) is 2. The molecule has 0 aliphatic heterocycles. The monoisotopic (exact) mass is 253 g/mol. The first-order valence-corrected chi connectivity index (χ1v) is 7.10. The molecule has 0 aliphatic rings. The van der Waals surface area contributed by atoms with Crippen molar-refractivity contribution in [2.75, 3.05) is 19.4 Å². The lowest BCUT2D eigenvalue weighted by molar-refractivity contribution is 0.300. The SMILES string of the molecule is CNC(CSC(C)CO)c1ccc(C)c(C)c1. The van der Waals surface area contributed by atoms with E-state index in [4.69, 9.17) is 5.11 Å². The summed E-state index contributed by atoms with van der Waals surface area (Å²) in [6, 6.07) is 6.97. The number of hydrogen-bond acceptors (Lipinski definition) is 3. The van der Waals surface area contributed by atoms with E-state index < -0.39 is 0 Å². The van der Waals surface area contributed by atoms with Crippen LogP contribution in [0.5, 0.6) is 0 Å². The molecule has 2 unspecified atom stereocenters. The molecule has 2 N–H and O–H groups in total. The molecule has 2 atom stereocenters. The maximum atomic E-state index is 9.03. The highest BCUT2D eigenvalue weighted by molar-refractivity contribution is 7.99. The molecule has 17 heavy (non-hydrogen) atoms. The molecule has 0 heterocycles. The Morgan fingerprint density at radius 2 is 2.00 bits per heavy atom. The van der Waals surface area contributed by atoms with Gasteiger partial charge in [0.2, 0.25) is 0 Å². The molecule has 0 saturated heterocycles. The van der Waals surface area contributed by atoms with E-state index in [2.05, 4.69) is 44.3 Å². The lowest BCUT2D eigenvalue weighted by Gasteiger charge is -2.19. The van der Waals surface area contributed by atoms with Crippen molar-refractivity contribution in [3.8, 4) is 0 Å². The zero-order valence-electron chi connectivity index (χ0n) is 11.2. The van der Waals surface area contributed by atoms with Gasteiger partial charge in [-0.05, 0) is 37.6 Å². The maximum absolute atomic E-state index is 9.03. The number of rotatable bonds is 6. The topological polar surface area (TPSA) is 32.3 Å².